The molecular weight excluding hydrogens is 360 g/mol. The molecule has 128 valence electrons. The number of alkyl halides is 1. The minimum absolute atomic E-state index is 0.00106. The van der Waals surface area contributed by atoms with Gasteiger partial charge in [-0.3, -0.25) is 0 Å². The van der Waals surface area contributed by atoms with E-state index >= 15 is 0 Å². The van der Waals surface area contributed by atoms with Crippen LogP contribution >= 0.6 is 15.9 Å². The first-order valence-corrected chi connectivity index (χ1v) is 9.11. The summed E-state index contributed by atoms with van der Waals surface area (Å²) < 4.78 is 22.8. The molecule has 1 aromatic rings. The molecule has 0 heterocycles. The van der Waals surface area contributed by atoms with E-state index in [1.807, 2.05) is 19.1 Å². The fourth-order valence-corrected chi connectivity index (χ4v) is 3.22. The van der Waals surface area contributed by atoms with Crippen LogP contribution in [0.2, 0.25) is 0 Å². The van der Waals surface area contributed by atoms with Crippen molar-refractivity contribution in [1.29, 1.82) is 0 Å². The summed E-state index contributed by atoms with van der Waals surface area (Å²) in [4.78, 5) is 0. The van der Waals surface area contributed by atoms with Crippen molar-refractivity contribution in [2.75, 3.05) is 26.2 Å². The van der Waals surface area contributed by atoms with Gasteiger partial charge in [0.2, 0.25) is 0 Å². The molecule has 2 rings (SSSR count). The molecule has 1 aliphatic rings. The van der Waals surface area contributed by atoms with Gasteiger partial charge in [0.1, 0.15) is 0 Å². The molecule has 0 amide bonds. The van der Waals surface area contributed by atoms with E-state index in [4.69, 9.17) is 18.9 Å². The van der Waals surface area contributed by atoms with Crippen LogP contribution in [0.5, 0.6) is 11.5 Å². The third-order valence-corrected chi connectivity index (χ3v) is 4.42. The van der Waals surface area contributed by atoms with Crippen molar-refractivity contribution >= 4 is 21.5 Å². The number of hydrogen-bond acceptors (Lipinski definition) is 4. The number of hydrogen-bond donors (Lipinski definition) is 0. The van der Waals surface area contributed by atoms with E-state index in [9.17, 15) is 0 Å². The van der Waals surface area contributed by atoms with Crippen LogP contribution in [0.4, 0.5) is 0 Å². The lowest BCUT2D eigenvalue weighted by molar-refractivity contribution is -0.141. The zero-order chi connectivity index (χ0) is 16.7. The number of methoxy groups -OCH3 is 2. The maximum absolute atomic E-state index is 6.19. The number of allylic oxidation sites excluding steroid dienone is 1. The molecule has 23 heavy (non-hydrogen) atoms. The summed E-state index contributed by atoms with van der Waals surface area (Å²) >= 11 is 3.46. The minimum Gasteiger partial charge on any atom is -0.493 e. The second-order valence-electron chi connectivity index (χ2n) is 5.30. The van der Waals surface area contributed by atoms with Crippen LogP contribution in [0.3, 0.4) is 0 Å². The van der Waals surface area contributed by atoms with E-state index in [2.05, 4.69) is 28.1 Å². The van der Waals surface area contributed by atoms with Crippen molar-refractivity contribution < 1.29 is 18.9 Å². The standard InChI is InChI=1S/C18H25BrO4/c1-4-22-17(12-19)23-15-10-6-5-8-13(15)14-9-7-11-16(20-2)18(14)21-3/h7-9,11,15,17H,4-6,10,12H2,1-3H3. The van der Waals surface area contributed by atoms with Gasteiger partial charge in [0, 0.05) is 12.2 Å². The molecule has 0 N–H and O–H groups in total. The average molecular weight is 385 g/mol. The first-order valence-electron chi connectivity index (χ1n) is 7.99. The normalized spacial score (nSPS) is 19.1. The minimum atomic E-state index is -0.247. The maximum atomic E-state index is 6.19. The van der Waals surface area contributed by atoms with Gasteiger partial charge in [-0.05, 0) is 37.8 Å². The Hall–Kier alpha value is -1.04. The van der Waals surface area contributed by atoms with Crippen molar-refractivity contribution in [1.82, 2.24) is 0 Å². The predicted octanol–water partition coefficient (Wildman–Crippen LogP) is 4.41. The second kappa shape index (κ2) is 9.30. The molecule has 1 aliphatic carbocycles. The van der Waals surface area contributed by atoms with Crippen molar-refractivity contribution in [3.8, 4) is 11.5 Å². The van der Waals surface area contributed by atoms with E-state index in [0.717, 1.165) is 41.9 Å². The highest BCUT2D eigenvalue weighted by atomic mass is 79.9. The summed E-state index contributed by atoms with van der Waals surface area (Å²) in [5, 5.41) is 0.653. The first kappa shape index (κ1) is 18.3. The molecule has 4 nitrogen and oxygen atoms in total. The summed E-state index contributed by atoms with van der Waals surface area (Å²) in [6, 6.07) is 5.94. The van der Waals surface area contributed by atoms with E-state index in [1.165, 1.54) is 0 Å². The van der Waals surface area contributed by atoms with E-state index in [0.29, 0.717) is 11.9 Å². The number of benzene rings is 1. The maximum Gasteiger partial charge on any atom is 0.168 e. The van der Waals surface area contributed by atoms with Crippen LogP contribution in [-0.2, 0) is 9.47 Å². The zero-order valence-corrected chi connectivity index (χ0v) is 15.6. The molecule has 0 spiro atoms. The van der Waals surface area contributed by atoms with Crippen molar-refractivity contribution in [3.63, 3.8) is 0 Å². The van der Waals surface area contributed by atoms with Crippen LogP contribution in [-0.4, -0.2) is 38.6 Å². The monoisotopic (exact) mass is 384 g/mol. The summed E-state index contributed by atoms with van der Waals surface area (Å²) in [5.74, 6) is 1.49. The molecule has 0 radical (unpaired) electrons. The quantitative estimate of drug-likeness (QED) is 0.491. The van der Waals surface area contributed by atoms with Gasteiger partial charge >= 0.3 is 0 Å². The van der Waals surface area contributed by atoms with Crippen LogP contribution in [0.1, 0.15) is 31.7 Å². The molecular formula is C18H25BrO4. The van der Waals surface area contributed by atoms with Gasteiger partial charge in [-0.15, -0.1) is 0 Å². The fraction of sp³-hybridized carbons (Fsp3) is 0.556. The number of rotatable bonds is 8. The van der Waals surface area contributed by atoms with Crippen LogP contribution in [0.15, 0.2) is 24.3 Å². The average Bonchev–Trinajstić information content (AvgIpc) is 2.60. The van der Waals surface area contributed by atoms with Gasteiger partial charge in [0.15, 0.2) is 17.8 Å². The van der Waals surface area contributed by atoms with Gasteiger partial charge in [-0.2, -0.15) is 0 Å². The lowest BCUT2D eigenvalue weighted by Gasteiger charge is -2.29. The van der Waals surface area contributed by atoms with E-state index < -0.39 is 0 Å². The van der Waals surface area contributed by atoms with Gasteiger partial charge < -0.3 is 18.9 Å². The second-order valence-corrected chi connectivity index (χ2v) is 5.94. The Bertz CT molecular complexity index is 530. The Balaban J connectivity index is 2.30. The zero-order valence-electron chi connectivity index (χ0n) is 14.0. The van der Waals surface area contributed by atoms with E-state index in [1.54, 1.807) is 14.2 Å². The third-order valence-electron chi connectivity index (χ3n) is 3.89. The van der Waals surface area contributed by atoms with E-state index in [-0.39, 0.29) is 12.4 Å². The number of ether oxygens (including phenoxy) is 4. The summed E-state index contributed by atoms with van der Waals surface area (Å²) in [5.41, 5.74) is 2.18. The lowest BCUT2D eigenvalue weighted by atomic mass is 9.90. The molecule has 2 unspecified atom stereocenters. The largest absolute Gasteiger partial charge is 0.493 e. The molecule has 1 aromatic carbocycles. The van der Waals surface area contributed by atoms with Crippen molar-refractivity contribution in [2.45, 2.75) is 38.6 Å². The first-order chi connectivity index (χ1) is 11.2. The molecule has 0 fully saturated rings. The predicted molar refractivity (Wildman–Crippen MR) is 95.5 cm³/mol. The van der Waals surface area contributed by atoms with Crippen LogP contribution < -0.4 is 9.47 Å². The summed E-state index contributed by atoms with van der Waals surface area (Å²) in [6.45, 7) is 2.60. The van der Waals surface area contributed by atoms with Crippen LogP contribution in [0.25, 0.3) is 5.57 Å². The molecule has 0 bridgehead atoms. The third kappa shape index (κ3) is 4.49. The SMILES string of the molecule is CCOC(CBr)OC1CCCC=C1c1cccc(OC)c1OC. The Labute approximate surface area is 146 Å². The molecule has 2 atom stereocenters. The lowest BCUT2D eigenvalue weighted by Crippen LogP contribution is -2.28. The molecule has 0 aromatic heterocycles. The molecule has 5 heteroatoms. The van der Waals surface area contributed by atoms with Gasteiger partial charge in [-0.1, -0.05) is 34.1 Å². The summed E-state index contributed by atoms with van der Waals surface area (Å²) in [7, 11) is 3.32. The highest BCUT2D eigenvalue weighted by Gasteiger charge is 2.26. The van der Waals surface area contributed by atoms with Gasteiger partial charge in [0.25, 0.3) is 0 Å². The highest BCUT2D eigenvalue weighted by molar-refractivity contribution is 9.09. The Morgan fingerprint density at radius 1 is 1.26 bits per heavy atom. The summed E-state index contributed by atoms with van der Waals surface area (Å²) in [6.07, 6.45) is 5.12. The Morgan fingerprint density at radius 3 is 2.74 bits per heavy atom. The molecule has 0 saturated carbocycles. The smallest absolute Gasteiger partial charge is 0.168 e. The van der Waals surface area contributed by atoms with Crippen molar-refractivity contribution in [2.24, 2.45) is 0 Å². The molecule has 0 saturated heterocycles. The number of halogens is 1. The number of para-hydroxylation sites is 1. The van der Waals surface area contributed by atoms with Crippen LogP contribution in [0, 0.1) is 0 Å². The highest BCUT2D eigenvalue weighted by Crippen LogP contribution is 2.40. The Kier molecular flexibility index (Phi) is 7.40. The van der Waals surface area contributed by atoms with Gasteiger partial charge in [-0.25, -0.2) is 0 Å². The molecule has 0 aliphatic heterocycles. The topological polar surface area (TPSA) is 36.9 Å². The Morgan fingerprint density at radius 2 is 2.09 bits per heavy atom. The fourth-order valence-electron chi connectivity index (χ4n) is 2.88. The van der Waals surface area contributed by atoms with Gasteiger partial charge in [0.05, 0.1) is 25.7 Å². The van der Waals surface area contributed by atoms with Crippen molar-refractivity contribution in [3.05, 3.63) is 29.8 Å².